The van der Waals surface area contributed by atoms with Gasteiger partial charge in [0, 0.05) is 10.9 Å². The fraction of sp³-hybridized carbons (Fsp3) is 0.778. The molecule has 1 saturated carbocycles. The molecule has 2 heteroatoms. The van der Waals surface area contributed by atoms with Gasteiger partial charge in [-0.15, -0.1) is 11.3 Å². The zero-order valence-electron chi connectivity index (χ0n) is 13.6. The van der Waals surface area contributed by atoms with Crippen LogP contribution in [0.15, 0.2) is 17.5 Å². The summed E-state index contributed by atoms with van der Waals surface area (Å²) in [6.07, 6.45) is 5.66. The van der Waals surface area contributed by atoms with Crippen LogP contribution in [0.25, 0.3) is 0 Å². The van der Waals surface area contributed by atoms with Crippen LogP contribution in [-0.2, 0) is 0 Å². The minimum absolute atomic E-state index is 0.595. The Hall–Kier alpha value is -0.340. The van der Waals surface area contributed by atoms with E-state index in [2.05, 4.69) is 50.5 Å². The largest absolute Gasteiger partial charge is 0.309 e. The third-order valence-electron chi connectivity index (χ3n) is 5.01. The fourth-order valence-electron chi connectivity index (χ4n) is 3.76. The Morgan fingerprint density at radius 2 is 1.80 bits per heavy atom. The predicted molar refractivity (Wildman–Crippen MR) is 90.2 cm³/mol. The Labute approximate surface area is 129 Å². The Morgan fingerprint density at radius 1 is 1.15 bits per heavy atom. The van der Waals surface area contributed by atoms with Gasteiger partial charge in [-0.05, 0) is 54.5 Å². The Balaban J connectivity index is 2.00. The Bertz CT molecular complexity index is 355. The molecule has 1 fully saturated rings. The second-order valence-corrected chi connectivity index (χ2v) is 8.08. The third-order valence-corrected chi connectivity index (χ3v) is 5.96. The highest BCUT2D eigenvalue weighted by molar-refractivity contribution is 7.10. The second kappa shape index (κ2) is 7.61. The summed E-state index contributed by atoms with van der Waals surface area (Å²) in [5.74, 6) is 3.15. The molecule has 0 saturated heterocycles. The molecule has 1 aliphatic carbocycles. The minimum atomic E-state index is 0.595. The molecule has 2 rings (SSSR count). The maximum absolute atomic E-state index is 3.94. The van der Waals surface area contributed by atoms with Gasteiger partial charge in [0.25, 0.3) is 0 Å². The van der Waals surface area contributed by atoms with E-state index >= 15 is 0 Å². The summed E-state index contributed by atoms with van der Waals surface area (Å²) in [6.45, 7) is 10.6. The molecule has 1 nitrogen and oxygen atoms in total. The Kier molecular flexibility index (Phi) is 6.10. The average molecular weight is 294 g/mol. The van der Waals surface area contributed by atoms with Gasteiger partial charge in [-0.1, -0.05) is 46.6 Å². The molecule has 0 spiro atoms. The van der Waals surface area contributed by atoms with Gasteiger partial charge in [-0.3, -0.25) is 0 Å². The van der Waals surface area contributed by atoms with E-state index in [1.807, 2.05) is 11.3 Å². The summed E-state index contributed by atoms with van der Waals surface area (Å²) in [5, 5.41) is 6.16. The first kappa shape index (κ1) is 16.0. The highest BCUT2D eigenvalue weighted by Gasteiger charge is 2.28. The van der Waals surface area contributed by atoms with Crippen LogP contribution in [0.4, 0.5) is 0 Å². The molecule has 20 heavy (non-hydrogen) atoms. The van der Waals surface area contributed by atoms with Crippen LogP contribution in [0.5, 0.6) is 0 Å². The van der Waals surface area contributed by atoms with Crippen LogP contribution in [0.1, 0.15) is 64.3 Å². The molecule has 1 aromatic rings. The van der Waals surface area contributed by atoms with Crippen molar-refractivity contribution in [2.75, 3.05) is 6.54 Å². The van der Waals surface area contributed by atoms with Crippen LogP contribution in [0.2, 0.25) is 0 Å². The first-order chi connectivity index (χ1) is 9.59. The number of hydrogen-bond donors (Lipinski definition) is 1. The molecular formula is C18H31NS. The highest BCUT2D eigenvalue weighted by Crippen LogP contribution is 2.37. The van der Waals surface area contributed by atoms with E-state index in [1.54, 1.807) is 4.88 Å². The molecule has 0 radical (unpaired) electrons. The third kappa shape index (κ3) is 4.08. The van der Waals surface area contributed by atoms with Gasteiger partial charge in [-0.2, -0.15) is 0 Å². The molecule has 1 unspecified atom stereocenters. The standard InChI is InChI=1S/C18H31NS/c1-13(2)16(14(3)4)12-19-18(15-8-5-6-9-15)17-10-7-11-20-17/h7,10-11,13-16,18-19H,5-6,8-9,12H2,1-4H3. The average Bonchev–Trinajstić information content (AvgIpc) is 3.06. The SMILES string of the molecule is CC(C)C(CNC(c1cccs1)C1CCCC1)C(C)C. The van der Waals surface area contributed by atoms with Gasteiger partial charge in [-0.25, -0.2) is 0 Å². The lowest BCUT2D eigenvalue weighted by Crippen LogP contribution is -2.34. The van der Waals surface area contributed by atoms with E-state index in [0.717, 1.165) is 30.2 Å². The van der Waals surface area contributed by atoms with Crippen LogP contribution in [0, 0.1) is 23.7 Å². The molecule has 0 amide bonds. The van der Waals surface area contributed by atoms with E-state index in [9.17, 15) is 0 Å². The molecular weight excluding hydrogens is 262 g/mol. The molecule has 114 valence electrons. The molecule has 0 aliphatic heterocycles. The van der Waals surface area contributed by atoms with E-state index in [0.29, 0.717) is 6.04 Å². The second-order valence-electron chi connectivity index (χ2n) is 7.10. The van der Waals surface area contributed by atoms with E-state index in [-0.39, 0.29) is 0 Å². The molecule has 1 atom stereocenters. The Morgan fingerprint density at radius 3 is 2.30 bits per heavy atom. The number of hydrogen-bond acceptors (Lipinski definition) is 2. The van der Waals surface area contributed by atoms with Crippen molar-refractivity contribution in [3.63, 3.8) is 0 Å². The fourth-order valence-corrected chi connectivity index (χ4v) is 4.66. The van der Waals surface area contributed by atoms with Gasteiger partial charge < -0.3 is 5.32 Å². The zero-order valence-corrected chi connectivity index (χ0v) is 14.4. The topological polar surface area (TPSA) is 12.0 Å². The monoisotopic (exact) mass is 293 g/mol. The normalized spacial score (nSPS) is 18.6. The van der Waals surface area contributed by atoms with Crippen LogP contribution >= 0.6 is 11.3 Å². The number of thiophene rings is 1. The minimum Gasteiger partial charge on any atom is -0.309 e. The number of rotatable bonds is 7. The summed E-state index contributed by atoms with van der Waals surface area (Å²) in [4.78, 5) is 1.54. The van der Waals surface area contributed by atoms with Crippen LogP contribution in [-0.4, -0.2) is 6.54 Å². The van der Waals surface area contributed by atoms with Crippen molar-refractivity contribution in [3.8, 4) is 0 Å². The van der Waals surface area contributed by atoms with E-state index in [4.69, 9.17) is 0 Å². The van der Waals surface area contributed by atoms with Crippen molar-refractivity contribution in [2.45, 2.75) is 59.4 Å². The van der Waals surface area contributed by atoms with Crippen LogP contribution in [0.3, 0.4) is 0 Å². The van der Waals surface area contributed by atoms with Gasteiger partial charge in [0.2, 0.25) is 0 Å². The molecule has 0 aromatic carbocycles. The highest BCUT2D eigenvalue weighted by atomic mass is 32.1. The maximum atomic E-state index is 3.94. The lowest BCUT2D eigenvalue weighted by molar-refractivity contribution is 0.248. The van der Waals surface area contributed by atoms with Gasteiger partial charge in [0.05, 0.1) is 0 Å². The van der Waals surface area contributed by atoms with Crippen LogP contribution < -0.4 is 5.32 Å². The van der Waals surface area contributed by atoms with Crippen molar-refractivity contribution < 1.29 is 0 Å². The quantitative estimate of drug-likeness (QED) is 0.700. The van der Waals surface area contributed by atoms with Gasteiger partial charge in [0.15, 0.2) is 0 Å². The van der Waals surface area contributed by atoms with Gasteiger partial charge >= 0.3 is 0 Å². The first-order valence-corrected chi connectivity index (χ1v) is 9.24. The summed E-state index contributed by atoms with van der Waals surface area (Å²) >= 11 is 1.92. The summed E-state index contributed by atoms with van der Waals surface area (Å²) in [5.41, 5.74) is 0. The molecule has 1 heterocycles. The molecule has 1 aromatic heterocycles. The summed E-state index contributed by atoms with van der Waals surface area (Å²) in [6, 6.07) is 5.12. The smallest absolute Gasteiger partial charge is 0.0443 e. The molecule has 1 N–H and O–H groups in total. The van der Waals surface area contributed by atoms with Crippen molar-refractivity contribution in [1.29, 1.82) is 0 Å². The zero-order chi connectivity index (χ0) is 14.5. The number of nitrogens with one attached hydrogen (secondary N) is 1. The molecule has 0 bridgehead atoms. The lowest BCUT2D eigenvalue weighted by atomic mass is 9.85. The lowest BCUT2D eigenvalue weighted by Gasteiger charge is -2.30. The van der Waals surface area contributed by atoms with Crippen molar-refractivity contribution >= 4 is 11.3 Å². The van der Waals surface area contributed by atoms with Crippen molar-refractivity contribution in [3.05, 3.63) is 22.4 Å². The summed E-state index contributed by atoms with van der Waals surface area (Å²) in [7, 11) is 0. The van der Waals surface area contributed by atoms with Crippen molar-refractivity contribution in [2.24, 2.45) is 23.7 Å². The summed E-state index contributed by atoms with van der Waals surface area (Å²) < 4.78 is 0. The maximum Gasteiger partial charge on any atom is 0.0443 e. The molecule has 1 aliphatic rings. The first-order valence-electron chi connectivity index (χ1n) is 8.36. The van der Waals surface area contributed by atoms with Gasteiger partial charge in [0.1, 0.15) is 0 Å². The predicted octanol–water partition coefficient (Wildman–Crippen LogP) is 5.50. The van der Waals surface area contributed by atoms with Crippen molar-refractivity contribution in [1.82, 2.24) is 5.32 Å². The van der Waals surface area contributed by atoms with E-state index < -0.39 is 0 Å². The van der Waals surface area contributed by atoms with E-state index in [1.165, 1.54) is 25.7 Å².